The Kier molecular flexibility index (Phi) is 5.35. The molecule has 0 saturated carbocycles. The van der Waals surface area contributed by atoms with Crippen molar-refractivity contribution in [2.45, 2.75) is 18.9 Å². The molecule has 0 spiro atoms. The van der Waals surface area contributed by atoms with Crippen LogP contribution in [0.25, 0.3) is 0 Å². The second-order valence-electron chi connectivity index (χ2n) is 4.85. The van der Waals surface area contributed by atoms with Crippen LogP contribution in [0.15, 0.2) is 54.6 Å². The Labute approximate surface area is 124 Å². The highest BCUT2D eigenvalue weighted by Crippen LogP contribution is 2.15. The van der Waals surface area contributed by atoms with Crippen molar-refractivity contribution < 1.29 is 9.53 Å². The number of hydrogen-bond donors (Lipinski definition) is 2. The van der Waals surface area contributed by atoms with Crippen molar-refractivity contribution in [2.75, 3.05) is 12.4 Å². The molecule has 0 radical (unpaired) electrons. The van der Waals surface area contributed by atoms with Crippen molar-refractivity contribution in [2.24, 2.45) is 5.73 Å². The molecule has 0 aromatic heterocycles. The van der Waals surface area contributed by atoms with E-state index in [0.717, 1.165) is 17.9 Å². The minimum atomic E-state index is -0.521. The number of hydrogen-bond acceptors (Lipinski definition) is 3. The number of rotatable bonds is 6. The van der Waals surface area contributed by atoms with Crippen molar-refractivity contribution >= 4 is 11.6 Å². The van der Waals surface area contributed by atoms with Crippen LogP contribution in [0, 0.1) is 0 Å². The molecule has 2 rings (SSSR count). The Bertz CT molecular complexity index is 567. The van der Waals surface area contributed by atoms with Gasteiger partial charge < -0.3 is 15.8 Å². The fourth-order valence-electron chi connectivity index (χ4n) is 2.01. The van der Waals surface area contributed by atoms with E-state index in [1.165, 1.54) is 5.56 Å². The quantitative estimate of drug-likeness (QED) is 0.857. The van der Waals surface area contributed by atoms with Crippen LogP contribution in [-0.4, -0.2) is 19.1 Å². The standard InChI is InChI=1S/C17H20N2O2/c1-21-15-10-8-14(9-11-15)19-17(20)16(18)12-7-13-5-3-2-4-6-13/h2-6,8-11,16H,7,12,18H2,1H3,(H,19,20). The number of nitrogens with two attached hydrogens (primary N) is 1. The zero-order valence-electron chi connectivity index (χ0n) is 12.1. The van der Waals surface area contributed by atoms with Crippen LogP contribution in [0.5, 0.6) is 5.75 Å². The molecule has 0 heterocycles. The fourth-order valence-corrected chi connectivity index (χ4v) is 2.01. The molecule has 21 heavy (non-hydrogen) atoms. The zero-order valence-corrected chi connectivity index (χ0v) is 12.1. The van der Waals surface area contributed by atoms with Gasteiger partial charge in [-0.15, -0.1) is 0 Å². The summed E-state index contributed by atoms with van der Waals surface area (Å²) in [5.74, 6) is 0.581. The first-order chi connectivity index (χ1) is 10.2. The molecular formula is C17H20N2O2. The predicted molar refractivity (Wildman–Crippen MR) is 84.4 cm³/mol. The lowest BCUT2D eigenvalue weighted by Crippen LogP contribution is -2.36. The van der Waals surface area contributed by atoms with Crippen molar-refractivity contribution in [1.82, 2.24) is 0 Å². The van der Waals surface area contributed by atoms with Crippen LogP contribution in [-0.2, 0) is 11.2 Å². The first-order valence-electron chi connectivity index (χ1n) is 6.93. The third kappa shape index (κ3) is 4.61. The van der Waals surface area contributed by atoms with E-state index in [9.17, 15) is 4.79 Å². The zero-order chi connectivity index (χ0) is 15.1. The topological polar surface area (TPSA) is 64.3 Å². The number of carbonyl (C=O) groups is 1. The molecule has 2 aromatic rings. The number of carbonyl (C=O) groups excluding carboxylic acids is 1. The summed E-state index contributed by atoms with van der Waals surface area (Å²) < 4.78 is 5.07. The summed E-state index contributed by atoms with van der Waals surface area (Å²) >= 11 is 0. The molecule has 4 nitrogen and oxygen atoms in total. The molecule has 0 saturated heterocycles. The summed E-state index contributed by atoms with van der Waals surface area (Å²) in [6, 6.07) is 16.7. The van der Waals surface area contributed by atoms with Gasteiger partial charge in [0.2, 0.25) is 5.91 Å². The largest absolute Gasteiger partial charge is 0.497 e. The normalized spacial score (nSPS) is 11.7. The lowest BCUT2D eigenvalue weighted by Gasteiger charge is -2.12. The molecule has 3 N–H and O–H groups in total. The number of nitrogens with one attached hydrogen (secondary N) is 1. The molecule has 0 bridgehead atoms. The van der Waals surface area contributed by atoms with Crippen molar-refractivity contribution in [3.05, 3.63) is 60.2 Å². The van der Waals surface area contributed by atoms with E-state index in [4.69, 9.17) is 10.5 Å². The van der Waals surface area contributed by atoms with Gasteiger partial charge in [-0.3, -0.25) is 4.79 Å². The van der Waals surface area contributed by atoms with Crippen LogP contribution < -0.4 is 15.8 Å². The van der Waals surface area contributed by atoms with Gasteiger partial charge in [-0.1, -0.05) is 30.3 Å². The summed E-state index contributed by atoms with van der Waals surface area (Å²) in [5, 5.41) is 2.81. The molecule has 4 heteroatoms. The number of aryl methyl sites for hydroxylation is 1. The molecule has 110 valence electrons. The van der Waals surface area contributed by atoms with Gasteiger partial charge in [0.25, 0.3) is 0 Å². The summed E-state index contributed by atoms with van der Waals surface area (Å²) in [6.07, 6.45) is 1.41. The number of ether oxygens (including phenoxy) is 1. The van der Waals surface area contributed by atoms with Crippen molar-refractivity contribution in [3.8, 4) is 5.75 Å². The third-order valence-corrected chi connectivity index (χ3v) is 3.28. The molecule has 0 aliphatic heterocycles. The number of benzene rings is 2. The highest BCUT2D eigenvalue weighted by molar-refractivity contribution is 5.94. The Morgan fingerprint density at radius 3 is 2.43 bits per heavy atom. The van der Waals surface area contributed by atoms with Crippen LogP contribution in [0.3, 0.4) is 0 Å². The smallest absolute Gasteiger partial charge is 0.241 e. The second-order valence-corrected chi connectivity index (χ2v) is 4.85. The van der Waals surface area contributed by atoms with E-state index < -0.39 is 6.04 Å². The molecule has 1 amide bonds. The number of methoxy groups -OCH3 is 1. The minimum absolute atomic E-state index is 0.170. The van der Waals surface area contributed by atoms with E-state index in [1.807, 2.05) is 30.3 Å². The van der Waals surface area contributed by atoms with Gasteiger partial charge in [-0.2, -0.15) is 0 Å². The van der Waals surface area contributed by atoms with Gasteiger partial charge in [0, 0.05) is 5.69 Å². The first-order valence-corrected chi connectivity index (χ1v) is 6.93. The van der Waals surface area contributed by atoms with Gasteiger partial charge in [-0.25, -0.2) is 0 Å². The van der Waals surface area contributed by atoms with Gasteiger partial charge in [0.05, 0.1) is 13.2 Å². The Morgan fingerprint density at radius 2 is 1.81 bits per heavy atom. The molecule has 0 aliphatic rings. The van der Waals surface area contributed by atoms with Crippen molar-refractivity contribution in [3.63, 3.8) is 0 Å². The molecule has 1 unspecified atom stereocenters. The van der Waals surface area contributed by atoms with Crippen LogP contribution >= 0.6 is 0 Å². The maximum Gasteiger partial charge on any atom is 0.241 e. The lowest BCUT2D eigenvalue weighted by atomic mass is 10.1. The molecule has 0 aliphatic carbocycles. The SMILES string of the molecule is COc1ccc(NC(=O)C(N)CCc2ccccc2)cc1. The minimum Gasteiger partial charge on any atom is -0.497 e. The van der Waals surface area contributed by atoms with Crippen LogP contribution in [0.1, 0.15) is 12.0 Å². The van der Waals surface area contributed by atoms with E-state index in [-0.39, 0.29) is 5.91 Å². The Morgan fingerprint density at radius 1 is 1.14 bits per heavy atom. The average molecular weight is 284 g/mol. The Balaban J connectivity index is 1.84. The summed E-state index contributed by atoms with van der Waals surface area (Å²) in [7, 11) is 1.60. The molecular weight excluding hydrogens is 264 g/mol. The van der Waals surface area contributed by atoms with Crippen LogP contribution in [0.4, 0.5) is 5.69 Å². The van der Waals surface area contributed by atoms with E-state index >= 15 is 0 Å². The van der Waals surface area contributed by atoms with E-state index in [2.05, 4.69) is 5.32 Å². The monoisotopic (exact) mass is 284 g/mol. The van der Waals surface area contributed by atoms with Gasteiger partial charge in [0.15, 0.2) is 0 Å². The summed E-state index contributed by atoms with van der Waals surface area (Å²) in [5.41, 5.74) is 7.84. The molecule has 0 fully saturated rings. The van der Waals surface area contributed by atoms with Gasteiger partial charge in [-0.05, 0) is 42.7 Å². The average Bonchev–Trinajstić information content (AvgIpc) is 2.54. The predicted octanol–water partition coefficient (Wildman–Crippen LogP) is 2.59. The first kappa shape index (κ1) is 15.1. The van der Waals surface area contributed by atoms with E-state index in [1.54, 1.807) is 31.4 Å². The van der Waals surface area contributed by atoms with E-state index in [0.29, 0.717) is 6.42 Å². The summed E-state index contributed by atoms with van der Waals surface area (Å²) in [6.45, 7) is 0. The maximum absolute atomic E-state index is 12.0. The number of amides is 1. The Hall–Kier alpha value is -2.33. The maximum atomic E-state index is 12.0. The van der Waals surface area contributed by atoms with Gasteiger partial charge in [0.1, 0.15) is 5.75 Å². The van der Waals surface area contributed by atoms with Gasteiger partial charge >= 0.3 is 0 Å². The molecule has 2 aromatic carbocycles. The fraction of sp³-hybridized carbons (Fsp3) is 0.235. The highest BCUT2D eigenvalue weighted by Gasteiger charge is 2.13. The van der Waals surface area contributed by atoms with Crippen molar-refractivity contribution in [1.29, 1.82) is 0 Å². The molecule has 1 atom stereocenters. The summed E-state index contributed by atoms with van der Waals surface area (Å²) in [4.78, 5) is 12.0. The lowest BCUT2D eigenvalue weighted by molar-refractivity contribution is -0.117. The highest BCUT2D eigenvalue weighted by atomic mass is 16.5. The second kappa shape index (κ2) is 7.45. The van der Waals surface area contributed by atoms with Crippen LogP contribution in [0.2, 0.25) is 0 Å². The number of anilines is 1. The third-order valence-electron chi connectivity index (χ3n) is 3.28.